The summed E-state index contributed by atoms with van der Waals surface area (Å²) in [6.45, 7) is 7.77. The highest BCUT2D eigenvalue weighted by atomic mass is 16.5. The first-order chi connectivity index (χ1) is 16.0. The summed E-state index contributed by atoms with van der Waals surface area (Å²) < 4.78 is 16.1. The fraction of sp³-hybridized carbons (Fsp3) is 0.630. The highest BCUT2D eigenvalue weighted by Crippen LogP contribution is 2.66. The number of rotatable bonds is 3. The van der Waals surface area contributed by atoms with Crippen LogP contribution in [0.5, 0.6) is 0 Å². The topological polar surface area (TPSA) is 99.9 Å². The van der Waals surface area contributed by atoms with Crippen LogP contribution in [0.25, 0.3) is 0 Å². The van der Waals surface area contributed by atoms with Crippen molar-refractivity contribution in [3.8, 4) is 0 Å². The minimum Gasteiger partial charge on any atom is -0.472 e. The number of Topliss-reactive ketones (excluding diaryl/α,β-unsaturated/α-hetero) is 2. The summed E-state index contributed by atoms with van der Waals surface area (Å²) in [4.78, 5) is 52.6. The van der Waals surface area contributed by atoms with Gasteiger partial charge in [-0.15, -0.1) is 0 Å². The Kier molecular flexibility index (Phi) is 5.02. The zero-order valence-electron chi connectivity index (χ0n) is 20.4. The molecule has 0 N–H and O–H groups in total. The van der Waals surface area contributed by atoms with Crippen molar-refractivity contribution >= 4 is 23.5 Å². The summed E-state index contributed by atoms with van der Waals surface area (Å²) >= 11 is 0. The fourth-order valence-corrected chi connectivity index (χ4v) is 7.76. The average molecular weight is 469 g/mol. The normalized spacial score (nSPS) is 38.7. The van der Waals surface area contributed by atoms with Gasteiger partial charge in [0.1, 0.15) is 17.7 Å². The van der Waals surface area contributed by atoms with E-state index in [4.69, 9.17) is 13.9 Å². The smallest absolute Gasteiger partial charge is 0.310 e. The second kappa shape index (κ2) is 7.40. The second-order valence-corrected chi connectivity index (χ2v) is 11.4. The van der Waals surface area contributed by atoms with E-state index < -0.39 is 40.2 Å². The molecule has 7 nitrogen and oxygen atoms in total. The van der Waals surface area contributed by atoms with Crippen LogP contribution in [0.1, 0.15) is 71.5 Å². The first kappa shape index (κ1) is 23.1. The predicted molar refractivity (Wildman–Crippen MR) is 120 cm³/mol. The van der Waals surface area contributed by atoms with Crippen LogP contribution >= 0.6 is 0 Å². The minimum atomic E-state index is -0.884. The number of hydrogen-bond acceptors (Lipinski definition) is 7. The van der Waals surface area contributed by atoms with Crippen molar-refractivity contribution < 1.29 is 33.1 Å². The minimum absolute atomic E-state index is 0.0142. The molecule has 4 aliphatic rings. The monoisotopic (exact) mass is 468 g/mol. The Hall–Kier alpha value is -2.70. The largest absolute Gasteiger partial charge is 0.472 e. The zero-order valence-corrected chi connectivity index (χ0v) is 20.4. The Morgan fingerprint density at radius 2 is 1.88 bits per heavy atom. The van der Waals surface area contributed by atoms with Crippen LogP contribution in [0.15, 0.2) is 34.2 Å². The number of hydrogen-bond donors (Lipinski definition) is 0. The van der Waals surface area contributed by atoms with Crippen molar-refractivity contribution in [2.24, 2.45) is 34.0 Å². The number of esters is 2. The molecule has 1 aromatic rings. The molecule has 1 aliphatic heterocycles. The van der Waals surface area contributed by atoms with Gasteiger partial charge in [-0.1, -0.05) is 33.3 Å². The summed E-state index contributed by atoms with van der Waals surface area (Å²) in [5, 5.41) is 0. The predicted octanol–water partition coefficient (Wildman–Crippen LogP) is 4.36. The van der Waals surface area contributed by atoms with Crippen molar-refractivity contribution in [1.29, 1.82) is 0 Å². The van der Waals surface area contributed by atoms with Crippen LogP contribution in [0.2, 0.25) is 0 Å². The zero-order chi connectivity index (χ0) is 24.6. The number of allylic oxidation sites excluding steroid dienone is 1. The van der Waals surface area contributed by atoms with Crippen molar-refractivity contribution in [1.82, 2.24) is 0 Å². The van der Waals surface area contributed by atoms with E-state index in [2.05, 4.69) is 6.92 Å². The summed E-state index contributed by atoms with van der Waals surface area (Å²) in [5.74, 6) is -2.26. The second-order valence-electron chi connectivity index (χ2n) is 11.4. The molecule has 182 valence electrons. The van der Waals surface area contributed by atoms with Crippen LogP contribution in [0, 0.1) is 34.0 Å². The van der Waals surface area contributed by atoms with Gasteiger partial charge in [-0.3, -0.25) is 19.2 Å². The Morgan fingerprint density at radius 3 is 2.53 bits per heavy atom. The van der Waals surface area contributed by atoms with E-state index in [9.17, 15) is 19.2 Å². The van der Waals surface area contributed by atoms with Gasteiger partial charge in [-0.25, -0.2) is 0 Å². The van der Waals surface area contributed by atoms with E-state index in [1.807, 2.05) is 26.8 Å². The highest BCUT2D eigenvalue weighted by Gasteiger charge is 2.67. The number of fused-ring (bicyclic) bond motifs is 5. The van der Waals surface area contributed by atoms with E-state index in [0.717, 1.165) is 29.6 Å². The Balaban J connectivity index is 1.68. The molecule has 2 heterocycles. The van der Waals surface area contributed by atoms with E-state index in [0.29, 0.717) is 6.42 Å². The third-order valence-electron chi connectivity index (χ3n) is 9.59. The van der Waals surface area contributed by atoms with Gasteiger partial charge in [0.15, 0.2) is 0 Å². The summed E-state index contributed by atoms with van der Waals surface area (Å²) in [6.07, 6.45) is 4.68. The molecule has 34 heavy (non-hydrogen) atoms. The molecule has 7 heteroatoms. The summed E-state index contributed by atoms with van der Waals surface area (Å²) in [7, 11) is 1.33. The first-order valence-electron chi connectivity index (χ1n) is 12.1. The molecule has 0 amide bonds. The molecular weight excluding hydrogens is 436 g/mol. The molecule has 3 aliphatic carbocycles. The number of ketones is 2. The molecule has 1 aromatic heterocycles. The molecule has 2 saturated carbocycles. The maximum Gasteiger partial charge on any atom is 0.310 e. The van der Waals surface area contributed by atoms with Gasteiger partial charge < -0.3 is 13.9 Å². The number of cyclic esters (lactones) is 1. The lowest BCUT2D eigenvalue weighted by molar-refractivity contribution is -0.172. The number of carbonyl (C=O) groups is 4. The molecule has 0 unspecified atom stereocenters. The van der Waals surface area contributed by atoms with Gasteiger partial charge in [-0.2, -0.15) is 0 Å². The summed E-state index contributed by atoms with van der Waals surface area (Å²) in [6, 6.07) is 1.82. The van der Waals surface area contributed by atoms with Crippen LogP contribution in [-0.4, -0.2) is 30.6 Å². The van der Waals surface area contributed by atoms with Crippen molar-refractivity contribution in [2.45, 2.75) is 65.9 Å². The van der Waals surface area contributed by atoms with Crippen molar-refractivity contribution in [2.75, 3.05) is 7.11 Å². The van der Waals surface area contributed by atoms with Gasteiger partial charge in [0.05, 0.1) is 38.4 Å². The van der Waals surface area contributed by atoms with E-state index in [1.165, 1.54) is 7.11 Å². The molecule has 1 saturated heterocycles. The van der Waals surface area contributed by atoms with Crippen LogP contribution in [-0.2, 0) is 28.7 Å². The number of methoxy groups -OCH3 is 1. The first-order valence-corrected chi connectivity index (χ1v) is 12.1. The van der Waals surface area contributed by atoms with Crippen LogP contribution in [0.3, 0.4) is 0 Å². The van der Waals surface area contributed by atoms with Gasteiger partial charge in [0, 0.05) is 21.8 Å². The van der Waals surface area contributed by atoms with Gasteiger partial charge >= 0.3 is 11.9 Å². The van der Waals surface area contributed by atoms with Crippen molar-refractivity contribution in [3.05, 3.63) is 35.3 Å². The molecule has 0 spiro atoms. The number of furan rings is 1. The maximum atomic E-state index is 13.8. The lowest BCUT2D eigenvalue weighted by atomic mass is 9.41. The lowest BCUT2D eigenvalue weighted by Gasteiger charge is -2.61. The SMILES string of the molecule is COC(=O)C[C@H]1C(C)(C)C(=O)[C@H]2CC3=C4CC(=O)O[C@@H](c5ccoc5)[C@@]4(C)CC[C@@H]3[C@]1(C)C2=O. The Labute approximate surface area is 199 Å². The molecule has 0 radical (unpaired) electrons. The lowest BCUT2D eigenvalue weighted by Crippen LogP contribution is -2.64. The fourth-order valence-electron chi connectivity index (χ4n) is 7.76. The van der Waals surface area contributed by atoms with E-state index >= 15 is 0 Å². The quantitative estimate of drug-likeness (QED) is 0.369. The molecular formula is C27H32O7. The average Bonchev–Trinajstić information content (AvgIpc) is 3.32. The standard InChI is InChI=1S/C27H32O7/c1-25(2)19(12-20(28)32-5)27(4)17-6-8-26(3)18(15(17)10-16(22(25)30)23(27)31)11-21(29)34-24(26)14-7-9-33-13-14/h7,9,13,16-17,19,24H,6,8,10-12H2,1-5H3/t16-,17+,19+,24+,26+,27+/m1/s1. The number of ether oxygens (including phenoxy) is 2. The van der Waals surface area contributed by atoms with Gasteiger partial charge in [0.25, 0.3) is 0 Å². The van der Waals surface area contributed by atoms with Gasteiger partial charge in [0.2, 0.25) is 0 Å². The maximum absolute atomic E-state index is 13.8. The molecule has 6 atom stereocenters. The van der Waals surface area contributed by atoms with Crippen LogP contribution in [0.4, 0.5) is 0 Å². The van der Waals surface area contributed by atoms with Crippen LogP contribution < -0.4 is 0 Å². The third-order valence-corrected chi connectivity index (χ3v) is 9.59. The Morgan fingerprint density at radius 1 is 1.15 bits per heavy atom. The Bertz CT molecular complexity index is 1110. The molecule has 5 rings (SSSR count). The van der Waals surface area contributed by atoms with Crippen molar-refractivity contribution in [3.63, 3.8) is 0 Å². The van der Waals surface area contributed by atoms with Gasteiger partial charge in [-0.05, 0) is 42.7 Å². The van der Waals surface area contributed by atoms with E-state index in [-0.39, 0.29) is 36.3 Å². The molecule has 3 fully saturated rings. The molecule has 0 aromatic carbocycles. The van der Waals surface area contributed by atoms with E-state index in [1.54, 1.807) is 12.5 Å². The highest BCUT2D eigenvalue weighted by molar-refractivity contribution is 6.11. The third kappa shape index (κ3) is 2.88. The number of carbonyl (C=O) groups excluding carboxylic acids is 4. The molecule has 2 bridgehead atoms. The summed E-state index contributed by atoms with van der Waals surface area (Å²) in [5.41, 5.74) is 0.703.